The third-order valence-corrected chi connectivity index (χ3v) is 4.84. The van der Waals surface area contributed by atoms with E-state index in [1.54, 1.807) is 23.7 Å². The molecule has 1 N–H and O–H groups in total. The van der Waals surface area contributed by atoms with Crippen LogP contribution in [0.15, 0.2) is 76.8 Å². The second-order valence-corrected chi connectivity index (χ2v) is 6.76. The fraction of sp³-hybridized carbons (Fsp3) is 0.100. The molecule has 4 nitrogen and oxygen atoms in total. The van der Waals surface area contributed by atoms with E-state index >= 15 is 0 Å². The molecule has 0 fully saturated rings. The number of aromatic nitrogens is 1. The van der Waals surface area contributed by atoms with E-state index in [9.17, 15) is 4.79 Å². The van der Waals surface area contributed by atoms with Crippen LogP contribution in [0.25, 0.3) is 11.0 Å². The van der Waals surface area contributed by atoms with Crippen molar-refractivity contribution < 1.29 is 9.21 Å². The van der Waals surface area contributed by atoms with Crippen molar-refractivity contribution in [1.82, 2.24) is 10.3 Å². The molecule has 3 heterocycles. The van der Waals surface area contributed by atoms with Crippen molar-refractivity contribution in [2.45, 2.75) is 12.5 Å². The number of nitrogens with one attached hydrogen (secondary N) is 1. The molecule has 4 rings (SSSR count). The molecule has 1 atom stereocenters. The molecule has 0 aliphatic rings. The molecule has 0 spiro atoms. The van der Waals surface area contributed by atoms with Crippen LogP contribution in [0.5, 0.6) is 0 Å². The molecule has 124 valence electrons. The number of carbonyl (C=O) groups is 1. The minimum absolute atomic E-state index is 0.0447. The minimum Gasteiger partial charge on any atom is -0.459 e. The third kappa shape index (κ3) is 3.46. The molecule has 0 saturated heterocycles. The van der Waals surface area contributed by atoms with Crippen LogP contribution in [0.2, 0.25) is 0 Å². The molecule has 5 heteroatoms. The van der Waals surface area contributed by atoms with Gasteiger partial charge in [0.2, 0.25) is 5.91 Å². The zero-order valence-electron chi connectivity index (χ0n) is 13.4. The molecule has 4 aromatic rings. The Morgan fingerprint density at radius 1 is 1.16 bits per heavy atom. The summed E-state index contributed by atoms with van der Waals surface area (Å²) >= 11 is 1.58. The average molecular weight is 348 g/mol. The molecule has 1 amide bonds. The topological polar surface area (TPSA) is 55.1 Å². The number of benzene rings is 1. The molecule has 0 radical (unpaired) electrons. The highest BCUT2D eigenvalue weighted by Gasteiger charge is 2.21. The Balaban J connectivity index is 1.65. The monoisotopic (exact) mass is 348 g/mol. The molecule has 0 unspecified atom stereocenters. The van der Waals surface area contributed by atoms with Crippen molar-refractivity contribution >= 4 is 28.2 Å². The number of hydrogen-bond acceptors (Lipinski definition) is 4. The first-order valence-electron chi connectivity index (χ1n) is 8.00. The number of fused-ring (bicyclic) bond motifs is 1. The van der Waals surface area contributed by atoms with Gasteiger partial charge >= 0.3 is 0 Å². The Labute approximate surface area is 149 Å². The molecule has 0 bridgehead atoms. The van der Waals surface area contributed by atoms with E-state index in [-0.39, 0.29) is 11.9 Å². The van der Waals surface area contributed by atoms with E-state index in [2.05, 4.69) is 10.3 Å². The summed E-state index contributed by atoms with van der Waals surface area (Å²) in [5.41, 5.74) is 1.69. The van der Waals surface area contributed by atoms with Gasteiger partial charge in [0, 0.05) is 28.2 Å². The second kappa shape index (κ2) is 6.91. The third-order valence-electron chi connectivity index (χ3n) is 3.97. The zero-order chi connectivity index (χ0) is 17.1. The van der Waals surface area contributed by atoms with E-state index in [1.807, 2.05) is 60.0 Å². The van der Waals surface area contributed by atoms with Crippen LogP contribution >= 0.6 is 11.3 Å². The van der Waals surface area contributed by atoms with Crippen LogP contribution in [-0.2, 0) is 11.2 Å². The molecular formula is C20H16N2O2S. The van der Waals surface area contributed by atoms with Gasteiger partial charge in [0.1, 0.15) is 17.4 Å². The number of carbonyl (C=O) groups excluding carboxylic acids is 1. The lowest BCUT2D eigenvalue weighted by molar-refractivity contribution is -0.121. The lowest BCUT2D eigenvalue weighted by atomic mass is 10.1. The van der Waals surface area contributed by atoms with Crippen molar-refractivity contribution in [2.24, 2.45) is 0 Å². The minimum atomic E-state index is -0.367. The normalized spacial score (nSPS) is 12.2. The second-order valence-electron chi connectivity index (χ2n) is 5.73. The predicted molar refractivity (Wildman–Crippen MR) is 98.5 cm³/mol. The van der Waals surface area contributed by atoms with E-state index in [4.69, 9.17) is 4.42 Å². The first kappa shape index (κ1) is 15.6. The zero-order valence-corrected chi connectivity index (χ0v) is 14.2. The Morgan fingerprint density at radius 2 is 2.08 bits per heavy atom. The summed E-state index contributed by atoms with van der Waals surface area (Å²) < 4.78 is 5.98. The molecule has 1 aromatic carbocycles. The maximum atomic E-state index is 12.5. The number of pyridine rings is 1. The molecule has 0 aliphatic heterocycles. The highest BCUT2D eigenvalue weighted by molar-refractivity contribution is 7.10. The fourth-order valence-electron chi connectivity index (χ4n) is 2.79. The summed E-state index contributed by atoms with van der Waals surface area (Å²) in [5, 5.41) is 6.07. The van der Waals surface area contributed by atoms with Gasteiger partial charge in [-0.3, -0.25) is 9.78 Å². The first-order valence-corrected chi connectivity index (χ1v) is 8.88. The summed E-state index contributed by atoms with van der Waals surface area (Å²) in [4.78, 5) is 17.7. The molecule has 3 aromatic heterocycles. The van der Waals surface area contributed by atoms with Gasteiger partial charge in [-0.1, -0.05) is 30.3 Å². The Hall–Kier alpha value is -2.92. The quantitative estimate of drug-likeness (QED) is 0.584. The van der Waals surface area contributed by atoms with Gasteiger partial charge in [0.25, 0.3) is 0 Å². The Morgan fingerprint density at radius 3 is 2.84 bits per heavy atom. The number of rotatable bonds is 5. The lowest BCUT2D eigenvalue weighted by Gasteiger charge is -2.16. The number of para-hydroxylation sites is 1. The Bertz CT molecular complexity index is 944. The van der Waals surface area contributed by atoms with Gasteiger partial charge in [-0.2, -0.15) is 0 Å². The number of amides is 1. The van der Waals surface area contributed by atoms with Crippen molar-refractivity contribution in [3.05, 3.63) is 88.6 Å². The van der Waals surface area contributed by atoms with E-state index in [0.717, 1.165) is 21.4 Å². The van der Waals surface area contributed by atoms with Crippen LogP contribution in [0, 0.1) is 0 Å². The molecular weight excluding hydrogens is 332 g/mol. The molecule has 0 aliphatic carbocycles. The number of furan rings is 1. The van der Waals surface area contributed by atoms with E-state index < -0.39 is 0 Å². The SMILES string of the molecule is O=C(Cc1cccs1)N[C@H](c1cccnc1)c1cc2ccccc2o1. The standard InChI is InChI=1S/C20H16N2O2S/c23-19(12-16-7-4-10-25-16)22-20(15-6-3-9-21-13-15)18-11-14-5-1-2-8-17(14)24-18/h1-11,13,20H,12H2,(H,22,23)/t20-/m1/s1. The summed E-state index contributed by atoms with van der Waals surface area (Å²) in [6.45, 7) is 0. The molecule has 25 heavy (non-hydrogen) atoms. The van der Waals surface area contributed by atoms with Gasteiger partial charge in [-0.05, 0) is 29.6 Å². The predicted octanol–water partition coefficient (Wildman–Crippen LogP) is 4.34. The van der Waals surface area contributed by atoms with Crippen LogP contribution < -0.4 is 5.32 Å². The van der Waals surface area contributed by atoms with Crippen molar-refractivity contribution in [1.29, 1.82) is 0 Å². The van der Waals surface area contributed by atoms with E-state index in [0.29, 0.717) is 12.2 Å². The van der Waals surface area contributed by atoms with Crippen LogP contribution in [0.4, 0.5) is 0 Å². The maximum Gasteiger partial charge on any atom is 0.226 e. The van der Waals surface area contributed by atoms with E-state index in [1.165, 1.54) is 0 Å². The smallest absolute Gasteiger partial charge is 0.226 e. The number of hydrogen-bond donors (Lipinski definition) is 1. The summed E-state index contributed by atoms with van der Waals surface area (Å²) in [6, 6.07) is 17.1. The highest BCUT2D eigenvalue weighted by Crippen LogP contribution is 2.28. The van der Waals surface area contributed by atoms with Gasteiger partial charge < -0.3 is 9.73 Å². The molecule has 0 saturated carbocycles. The summed E-state index contributed by atoms with van der Waals surface area (Å²) in [5.74, 6) is 0.658. The van der Waals surface area contributed by atoms with Crippen molar-refractivity contribution in [3.8, 4) is 0 Å². The van der Waals surface area contributed by atoms with Gasteiger partial charge in [0.15, 0.2) is 0 Å². The maximum absolute atomic E-state index is 12.5. The van der Waals surface area contributed by atoms with Gasteiger partial charge in [-0.15, -0.1) is 11.3 Å². The summed E-state index contributed by atoms with van der Waals surface area (Å²) in [7, 11) is 0. The lowest BCUT2D eigenvalue weighted by Crippen LogP contribution is -2.30. The fourth-order valence-corrected chi connectivity index (χ4v) is 3.50. The highest BCUT2D eigenvalue weighted by atomic mass is 32.1. The van der Waals surface area contributed by atoms with Crippen molar-refractivity contribution in [2.75, 3.05) is 0 Å². The Kier molecular flexibility index (Phi) is 4.31. The largest absolute Gasteiger partial charge is 0.459 e. The average Bonchev–Trinajstić information content (AvgIpc) is 3.29. The van der Waals surface area contributed by atoms with Crippen LogP contribution in [0.3, 0.4) is 0 Å². The number of thiophene rings is 1. The van der Waals surface area contributed by atoms with Crippen LogP contribution in [0.1, 0.15) is 22.2 Å². The van der Waals surface area contributed by atoms with Crippen molar-refractivity contribution in [3.63, 3.8) is 0 Å². The van der Waals surface area contributed by atoms with Gasteiger partial charge in [0.05, 0.1) is 6.42 Å². The first-order chi connectivity index (χ1) is 12.3. The van der Waals surface area contributed by atoms with Gasteiger partial charge in [-0.25, -0.2) is 0 Å². The summed E-state index contributed by atoms with van der Waals surface area (Å²) in [6.07, 6.45) is 3.82. The van der Waals surface area contributed by atoms with Crippen LogP contribution in [-0.4, -0.2) is 10.9 Å². The number of nitrogens with zero attached hydrogens (tertiary/aromatic N) is 1.